The van der Waals surface area contributed by atoms with Crippen molar-refractivity contribution in [3.8, 4) is 5.75 Å². The van der Waals surface area contributed by atoms with E-state index in [1.54, 1.807) is 38.4 Å². The van der Waals surface area contributed by atoms with E-state index < -0.39 is 0 Å². The zero-order valence-electron chi connectivity index (χ0n) is 17.1. The minimum absolute atomic E-state index is 0.185. The number of halogens is 1. The van der Waals surface area contributed by atoms with Gasteiger partial charge in [-0.15, -0.1) is 0 Å². The summed E-state index contributed by atoms with van der Waals surface area (Å²) in [6.45, 7) is 2.09. The van der Waals surface area contributed by atoms with Gasteiger partial charge in [0.2, 0.25) is 0 Å². The molecule has 0 aliphatic heterocycles. The Labute approximate surface area is 184 Å². The smallest absolute Gasteiger partial charge is 0.257 e. The second-order valence-corrected chi connectivity index (χ2v) is 7.52. The Hall–Kier alpha value is -3.64. The third-order valence-electron chi connectivity index (χ3n) is 5.00. The first-order chi connectivity index (χ1) is 14.9. The molecule has 156 valence electrons. The molecule has 1 N–H and O–H groups in total. The fourth-order valence-corrected chi connectivity index (χ4v) is 3.53. The normalized spacial score (nSPS) is 10.8. The van der Waals surface area contributed by atoms with Gasteiger partial charge in [-0.3, -0.25) is 14.6 Å². The van der Waals surface area contributed by atoms with E-state index in [4.69, 9.17) is 16.3 Å². The summed E-state index contributed by atoms with van der Waals surface area (Å²) in [5, 5.41) is 4.27. The van der Waals surface area contributed by atoms with Crippen LogP contribution in [0.25, 0.3) is 10.9 Å². The van der Waals surface area contributed by atoms with Crippen molar-refractivity contribution in [1.82, 2.24) is 9.55 Å². The fraction of sp³-hybridized carbons (Fsp3) is 0.125. The Morgan fingerprint density at radius 1 is 1.13 bits per heavy atom. The van der Waals surface area contributed by atoms with Gasteiger partial charge in [-0.05, 0) is 42.8 Å². The Morgan fingerprint density at radius 2 is 1.94 bits per heavy atom. The Balaban J connectivity index is 1.61. The number of aromatic nitrogens is 2. The molecule has 0 saturated carbocycles. The molecule has 2 aromatic heterocycles. The van der Waals surface area contributed by atoms with Gasteiger partial charge in [0.15, 0.2) is 0 Å². The predicted molar refractivity (Wildman–Crippen MR) is 122 cm³/mol. The van der Waals surface area contributed by atoms with Crippen molar-refractivity contribution in [1.29, 1.82) is 0 Å². The zero-order chi connectivity index (χ0) is 22.0. The molecule has 0 unspecified atom stereocenters. The van der Waals surface area contributed by atoms with Crippen LogP contribution in [0, 0.1) is 6.92 Å². The molecule has 0 bridgehead atoms. The topological polar surface area (TPSA) is 73.2 Å². The summed E-state index contributed by atoms with van der Waals surface area (Å²) in [5.74, 6) is 0.406. The average molecular weight is 434 g/mol. The second kappa shape index (κ2) is 8.62. The van der Waals surface area contributed by atoms with E-state index >= 15 is 0 Å². The van der Waals surface area contributed by atoms with Crippen LogP contribution in [-0.4, -0.2) is 22.6 Å². The molecule has 4 aromatic rings. The highest BCUT2D eigenvalue weighted by Gasteiger charge is 2.13. The number of rotatable bonds is 5. The van der Waals surface area contributed by atoms with Gasteiger partial charge >= 0.3 is 0 Å². The van der Waals surface area contributed by atoms with Crippen LogP contribution in [0.1, 0.15) is 21.6 Å². The molecule has 0 saturated heterocycles. The van der Waals surface area contributed by atoms with Crippen molar-refractivity contribution >= 4 is 34.1 Å². The Bertz CT molecular complexity index is 1350. The summed E-state index contributed by atoms with van der Waals surface area (Å²) >= 11 is 6.21. The number of amides is 1. The van der Waals surface area contributed by atoms with Crippen LogP contribution in [-0.2, 0) is 6.54 Å². The zero-order valence-corrected chi connectivity index (χ0v) is 17.8. The van der Waals surface area contributed by atoms with Crippen molar-refractivity contribution in [2.24, 2.45) is 0 Å². The number of nitrogens with one attached hydrogen (secondary N) is 1. The molecule has 7 heteroatoms. The number of carbonyl (C=O) groups excluding carboxylic acids is 1. The molecule has 6 nitrogen and oxygen atoms in total. The van der Waals surface area contributed by atoms with Gasteiger partial charge in [0.25, 0.3) is 11.5 Å². The molecule has 0 atom stereocenters. The predicted octanol–water partition coefficient (Wildman–Crippen LogP) is 4.67. The summed E-state index contributed by atoms with van der Waals surface area (Å²) in [7, 11) is 1.60. The number of anilines is 1. The van der Waals surface area contributed by atoms with Gasteiger partial charge in [-0.1, -0.05) is 29.8 Å². The number of aryl methyl sites for hydroxylation is 1. The van der Waals surface area contributed by atoms with Crippen molar-refractivity contribution in [2.45, 2.75) is 13.5 Å². The van der Waals surface area contributed by atoms with Crippen LogP contribution in [0.2, 0.25) is 5.02 Å². The van der Waals surface area contributed by atoms with Gasteiger partial charge in [-0.25, -0.2) is 0 Å². The minimum Gasteiger partial charge on any atom is -0.497 e. The number of pyridine rings is 2. The van der Waals surface area contributed by atoms with Crippen molar-refractivity contribution in [2.75, 3.05) is 12.4 Å². The molecule has 0 aliphatic carbocycles. The van der Waals surface area contributed by atoms with Gasteiger partial charge in [0, 0.05) is 28.7 Å². The summed E-state index contributed by atoms with van der Waals surface area (Å²) in [4.78, 5) is 29.7. The standard InChI is InChI=1S/C24H20ClN3O3/c1-15-20(11-16-7-9-19(31-2)12-22(16)26-15)24(30)27-18-8-10-23(29)28(14-18)13-17-5-3-4-6-21(17)25/h3-12,14H,13H2,1-2H3,(H,27,30). The van der Waals surface area contributed by atoms with E-state index in [0.29, 0.717) is 34.3 Å². The highest BCUT2D eigenvalue weighted by atomic mass is 35.5. The molecule has 0 fully saturated rings. The van der Waals surface area contributed by atoms with Crippen LogP contribution >= 0.6 is 11.6 Å². The van der Waals surface area contributed by atoms with Gasteiger partial charge in [0.05, 0.1) is 36.1 Å². The van der Waals surface area contributed by atoms with E-state index in [2.05, 4.69) is 10.3 Å². The van der Waals surface area contributed by atoms with E-state index in [9.17, 15) is 9.59 Å². The number of carbonyl (C=O) groups is 1. The number of ether oxygens (including phenoxy) is 1. The third-order valence-corrected chi connectivity index (χ3v) is 5.37. The number of nitrogens with zero attached hydrogens (tertiary/aromatic N) is 2. The van der Waals surface area contributed by atoms with Crippen molar-refractivity contribution in [3.05, 3.63) is 99.1 Å². The molecular weight excluding hydrogens is 414 g/mol. The highest BCUT2D eigenvalue weighted by molar-refractivity contribution is 6.31. The summed E-state index contributed by atoms with van der Waals surface area (Å²) < 4.78 is 6.74. The van der Waals surface area contributed by atoms with Crippen molar-refractivity contribution in [3.63, 3.8) is 0 Å². The first-order valence-electron chi connectivity index (χ1n) is 9.65. The molecular formula is C24H20ClN3O3. The first-order valence-corrected chi connectivity index (χ1v) is 10.0. The molecule has 4 rings (SSSR count). The third kappa shape index (κ3) is 4.44. The van der Waals surface area contributed by atoms with E-state index in [1.165, 1.54) is 10.6 Å². The van der Waals surface area contributed by atoms with Crippen LogP contribution in [0.3, 0.4) is 0 Å². The SMILES string of the molecule is COc1ccc2cc(C(=O)Nc3ccc(=O)n(Cc4ccccc4Cl)c3)c(C)nc2c1. The van der Waals surface area contributed by atoms with Crippen LogP contribution in [0.15, 0.2) is 71.7 Å². The highest BCUT2D eigenvalue weighted by Crippen LogP contribution is 2.22. The number of methoxy groups -OCH3 is 1. The van der Waals surface area contributed by atoms with Crippen LogP contribution in [0.4, 0.5) is 5.69 Å². The van der Waals surface area contributed by atoms with E-state index in [0.717, 1.165) is 16.5 Å². The maximum atomic E-state index is 12.9. The Morgan fingerprint density at radius 3 is 2.71 bits per heavy atom. The van der Waals surface area contributed by atoms with Crippen LogP contribution < -0.4 is 15.6 Å². The average Bonchev–Trinajstić information content (AvgIpc) is 2.76. The lowest BCUT2D eigenvalue weighted by molar-refractivity contribution is 0.102. The maximum absolute atomic E-state index is 12.9. The van der Waals surface area contributed by atoms with Crippen LogP contribution in [0.5, 0.6) is 5.75 Å². The van der Waals surface area contributed by atoms with Gasteiger partial charge < -0.3 is 14.6 Å². The lowest BCUT2D eigenvalue weighted by Crippen LogP contribution is -2.21. The summed E-state index contributed by atoms with van der Waals surface area (Å²) in [6, 6.07) is 17.7. The maximum Gasteiger partial charge on any atom is 0.257 e. The molecule has 0 spiro atoms. The molecule has 1 amide bonds. The molecule has 31 heavy (non-hydrogen) atoms. The monoisotopic (exact) mass is 433 g/mol. The molecule has 0 aliphatic rings. The lowest BCUT2D eigenvalue weighted by Gasteiger charge is -2.12. The number of fused-ring (bicyclic) bond motifs is 1. The number of benzene rings is 2. The van der Waals surface area contributed by atoms with Gasteiger partial charge in [0.1, 0.15) is 5.75 Å². The first kappa shape index (κ1) is 20.6. The quantitative estimate of drug-likeness (QED) is 0.496. The summed E-state index contributed by atoms with van der Waals surface area (Å²) in [5.41, 5.74) is 2.95. The van der Waals surface area contributed by atoms with E-state index in [-0.39, 0.29) is 11.5 Å². The molecule has 2 aromatic carbocycles. The number of hydrogen-bond donors (Lipinski definition) is 1. The van der Waals surface area contributed by atoms with Gasteiger partial charge in [-0.2, -0.15) is 0 Å². The number of hydrogen-bond acceptors (Lipinski definition) is 4. The minimum atomic E-state index is -0.300. The second-order valence-electron chi connectivity index (χ2n) is 7.11. The largest absolute Gasteiger partial charge is 0.497 e. The molecule has 0 radical (unpaired) electrons. The molecule has 2 heterocycles. The van der Waals surface area contributed by atoms with Crippen molar-refractivity contribution < 1.29 is 9.53 Å². The Kier molecular flexibility index (Phi) is 5.73. The van der Waals surface area contributed by atoms with E-state index in [1.807, 2.05) is 36.4 Å². The lowest BCUT2D eigenvalue weighted by atomic mass is 10.1. The summed E-state index contributed by atoms with van der Waals surface area (Å²) in [6.07, 6.45) is 1.61. The fourth-order valence-electron chi connectivity index (χ4n) is 3.34.